The van der Waals surface area contributed by atoms with E-state index in [2.05, 4.69) is 29.1 Å². The van der Waals surface area contributed by atoms with Crippen molar-refractivity contribution in [3.05, 3.63) is 45.8 Å². The molecule has 0 spiro atoms. The zero-order chi connectivity index (χ0) is 8.81. The van der Waals surface area contributed by atoms with Gasteiger partial charge in [0.15, 0.2) is 0 Å². The first-order valence-electron chi connectivity index (χ1n) is 3.89. The van der Waals surface area contributed by atoms with Crippen LogP contribution in [0.2, 0.25) is 0 Å². The minimum Gasteiger partial charge on any atom is -0.0936 e. The van der Waals surface area contributed by atoms with E-state index in [1.807, 2.05) is 12.1 Å². The lowest BCUT2D eigenvalue weighted by molar-refractivity contribution is 0.954. The third kappa shape index (κ3) is 4.19. The second kappa shape index (κ2) is 6.09. The minimum atomic E-state index is 0. The van der Waals surface area contributed by atoms with Gasteiger partial charge >= 0.3 is 0 Å². The third-order valence-electron chi connectivity index (χ3n) is 1.65. The van der Waals surface area contributed by atoms with Crippen LogP contribution in [0.4, 0.5) is 0 Å². The van der Waals surface area contributed by atoms with Gasteiger partial charge in [-0.3, -0.25) is 0 Å². The molecule has 0 saturated carbocycles. The first kappa shape index (κ1) is 11.5. The van der Waals surface area contributed by atoms with Crippen LogP contribution in [0.15, 0.2) is 29.4 Å². The van der Waals surface area contributed by atoms with Crippen molar-refractivity contribution < 1.29 is 0 Å². The molecule has 0 heterocycles. The molecular formula is C10H15N3. The minimum absolute atomic E-state index is 0. The predicted octanol–water partition coefficient (Wildman–Crippen LogP) is 3.48. The van der Waals surface area contributed by atoms with E-state index in [1.54, 1.807) is 0 Å². The Bertz CT molecular complexity index is 301. The second-order valence-electron chi connectivity index (χ2n) is 2.69. The SMILES string of the molecule is C.Cc1cccc(CCN=[N+]=[N-])c1. The Balaban J connectivity index is 0.00000144. The van der Waals surface area contributed by atoms with Gasteiger partial charge < -0.3 is 0 Å². The van der Waals surface area contributed by atoms with Crippen LogP contribution in [-0.4, -0.2) is 6.54 Å². The van der Waals surface area contributed by atoms with Crippen LogP contribution in [0.1, 0.15) is 18.6 Å². The van der Waals surface area contributed by atoms with E-state index in [4.69, 9.17) is 5.53 Å². The van der Waals surface area contributed by atoms with Crippen molar-refractivity contribution in [1.29, 1.82) is 0 Å². The van der Waals surface area contributed by atoms with Crippen LogP contribution in [0, 0.1) is 6.92 Å². The first-order valence-corrected chi connectivity index (χ1v) is 3.89. The lowest BCUT2D eigenvalue weighted by Gasteiger charge is -1.98. The molecule has 0 radical (unpaired) electrons. The van der Waals surface area contributed by atoms with Crippen LogP contribution in [-0.2, 0) is 6.42 Å². The molecule has 0 aliphatic carbocycles. The summed E-state index contributed by atoms with van der Waals surface area (Å²) in [6.07, 6.45) is 0.825. The van der Waals surface area contributed by atoms with Crippen LogP contribution in [0.3, 0.4) is 0 Å². The Morgan fingerprint density at radius 2 is 2.23 bits per heavy atom. The van der Waals surface area contributed by atoms with E-state index in [0.29, 0.717) is 6.54 Å². The van der Waals surface area contributed by atoms with Crippen molar-refractivity contribution >= 4 is 0 Å². The van der Waals surface area contributed by atoms with Crippen LogP contribution >= 0.6 is 0 Å². The highest BCUT2D eigenvalue weighted by Crippen LogP contribution is 2.04. The summed E-state index contributed by atoms with van der Waals surface area (Å²) in [5.74, 6) is 0. The van der Waals surface area contributed by atoms with Crippen LogP contribution < -0.4 is 0 Å². The number of azide groups is 1. The Labute approximate surface area is 79.0 Å². The summed E-state index contributed by atoms with van der Waals surface area (Å²) in [6, 6.07) is 8.21. The molecule has 0 aliphatic rings. The fourth-order valence-electron chi connectivity index (χ4n) is 1.09. The molecule has 0 atom stereocenters. The van der Waals surface area contributed by atoms with Gasteiger partial charge in [0.25, 0.3) is 0 Å². The molecule has 0 amide bonds. The molecule has 70 valence electrons. The Morgan fingerprint density at radius 1 is 1.46 bits per heavy atom. The predicted molar refractivity (Wildman–Crippen MR) is 55.6 cm³/mol. The molecule has 0 saturated heterocycles. The Morgan fingerprint density at radius 3 is 2.85 bits per heavy atom. The van der Waals surface area contributed by atoms with Gasteiger partial charge in [0, 0.05) is 11.5 Å². The number of rotatable bonds is 3. The van der Waals surface area contributed by atoms with E-state index in [9.17, 15) is 0 Å². The quantitative estimate of drug-likeness (QED) is 0.385. The normalized spacial score (nSPS) is 8.38. The molecule has 1 rings (SSSR count). The molecular weight excluding hydrogens is 162 g/mol. The molecule has 0 unspecified atom stereocenters. The van der Waals surface area contributed by atoms with Gasteiger partial charge in [0.1, 0.15) is 0 Å². The maximum absolute atomic E-state index is 8.06. The molecule has 0 aliphatic heterocycles. The molecule has 3 nitrogen and oxygen atoms in total. The van der Waals surface area contributed by atoms with Gasteiger partial charge in [0.2, 0.25) is 0 Å². The highest BCUT2D eigenvalue weighted by Gasteiger charge is 1.90. The molecule has 0 fully saturated rings. The standard InChI is InChI=1S/C9H11N3.CH4/c1-8-3-2-4-9(7-8)5-6-11-12-10;/h2-4,7H,5-6H2,1H3;1H4. The van der Waals surface area contributed by atoms with E-state index in [0.717, 1.165) is 6.42 Å². The van der Waals surface area contributed by atoms with E-state index in [-0.39, 0.29) is 7.43 Å². The van der Waals surface area contributed by atoms with E-state index < -0.39 is 0 Å². The molecule has 0 aromatic heterocycles. The summed E-state index contributed by atoms with van der Waals surface area (Å²) in [5.41, 5.74) is 10.5. The average molecular weight is 177 g/mol. The second-order valence-corrected chi connectivity index (χ2v) is 2.69. The van der Waals surface area contributed by atoms with E-state index >= 15 is 0 Å². The molecule has 1 aromatic rings. The van der Waals surface area contributed by atoms with Crippen molar-refractivity contribution in [2.24, 2.45) is 5.11 Å². The van der Waals surface area contributed by atoms with Crippen molar-refractivity contribution in [2.75, 3.05) is 6.54 Å². The fraction of sp³-hybridized carbons (Fsp3) is 0.400. The van der Waals surface area contributed by atoms with Gasteiger partial charge in [-0.2, -0.15) is 0 Å². The highest BCUT2D eigenvalue weighted by atomic mass is 15.1. The summed E-state index contributed by atoms with van der Waals surface area (Å²) >= 11 is 0. The smallest absolute Gasteiger partial charge is 0.0298 e. The number of aryl methyl sites for hydroxylation is 1. The number of hydrogen-bond donors (Lipinski definition) is 0. The average Bonchev–Trinajstić information content (AvgIpc) is 2.05. The zero-order valence-electron chi connectivity index (χ0n) is 7.07. The largest absolute Gasteiger partial charge is 0.0936 e. The topological polar surface area (TPSA) is 48.8 Å². The van der Waals surface area contributed by atoms with Crippen molar-refractivity contribution in [3.8, 4) is 0 Å². The molecule has 1 aromatic carbocycles. The van der Waals surface area contributed by atoms with Gasteiger partial charge in [-0.05, 0) is 24.4 Å². The fourth-order valence-corrected chi connectivity index (χ4v) is 1.09. The lowest BCUT2D eigenvalue weighted by atomic mass is 10.1. The summed E-state index contributed by atoms with van der Waals surface area (Å²) < 4.78 is 0. The van der Waals surface area contributed by atoms with Crippen LogP contribution in [0.25, 0.3) is 10.4 Å². The third-order valence-corrected chi connectivity index (χ3v) is 1.65. The van der Waals surface area contributed by atoms with Crippen LogP contribution in [0.5, 0.6) is 0 Å². The highest BCUT2D eigenvalue weighted by molar-refractivity contribution is 5.22. The number of nitrogens with zero attached hydrogens (tertiary/aromatic N) is 3. The maximum atomic E-state index is 8.06. The van der Waals surface area contributed by atoms with Gasteiger partial charge in [-0.15, -0.1) is 0 Å². The van der Waals surface area contributed by atoms with Crippen molar-refractivity contribution in [1.82, 2.24) is 0 Å². The summed E-state index contributed by atoms with van der Waals surface area (Å²) in [5, 5.41) is 3.48. The molecule has 3 heteroatoms. The van der Waals surface area contributed by atoms with Crippen molar-refractivity contribution in [2.45, 2.75) is 20.8 Å². The van der Waals surface area contributed by atoms with Gasteiger partial charge in [-0.1, -0.05) is 42.4 Å². The molecule has 0 N–H and O–H groups in total. The zero-order valence-corrected chi connectivity index (χ0v) is 7.07. The first-order chi connectivity index (χ1) is 5.83. The van der Waals surface area contributed by atoms with E-state index in [1.165, 1.54) is 11.1 Å². The number of hydrogen-bond acceptors (Lipinski definition) is 1. The molecule has 0 bridgehead atoms. The van der Waals surface area contributed by atoms with Gasteiger partial charge in [0.05, 0.1) is 0 Å². The lowest BCUT2D eigenvalue weighted by Crippen LogP contribution is -1.88. The molecule has 13 heavy (non-hydrogen) atoms. The maximum Gasteiger partial charge on any atom is 0.0298 e. The monoisotopic (exact) mass is 177 g/mol. The summed E-state index contributed by atoms with van der Waals surface area (Å²) in [4.78, 5) is 2.70. The summed E-state index contributed by atoms with van der Waals surface area (Å²) in [7, 11) is 0. The van der Waals surface area contributed by atoms with Crippen molar-refractivity contribution in [3.63, 3.8) is 0 Å². The Kier molecular flexibility index (Phi) is 5.40. The van der Waals surface area contributed by atoms with Gasteiger partial charge in [-0.25, -0.2) is 0 Å². The summed E-state index contributed by atoms with van der Waals surface area (Å²) in [6.45, 7) is 2.59. The number of benzene rings is 1. The Hall–Kier alpha value is -1.47.